The van der Waals surface area contributed by atoms with Gasteiger partial charge in [-0.1, -0.05) is 6.92 Å². The summed E-state index contributed by atoms with van der Waals surface area (Å²) in [7, 11) is 0. The minimum Gasteiger partial charge on any atom is -0.377 e. The highest BCUT2D eigenvalue weighted by atomic mass is 19.1. The third-order valence-electron chi connectivity index (χ3n) is 4.41. The number of aromatic nitrogens is 2. The van der Waals surface area contributed by atoms with Crippen LogP contribution in [0.5, 0.6) is 0 Å². The van der Waals surface area contributed by atoms with E-state index < -0.39 is 11.6 Å². The molecule has 0 spiro atoms. The second-order valence-corrected chi connectivity index (χ2v) is 6.05. The van der Waals surface area contributed by atoms with Gasteiger partial charge < -0.3 is 10.2 Å². The maximum Gasteiger partial charge on any atom is 0.150 e. The number of hydrogen-bond donors (Lipinski definition) is 1. The van der Waals surface area contributed by atoms with Crippen molar-refractivity contribution >= 4 is 11.5 Å². The van der Waals surface area contributed by atoms with Crippen LogP contribution in [0.2, 0.25) is 0 Å². The van der Waals surface area contributed by atoms with Gasteiger partial charge in [0, 0.05) is 30.9 Å². The number of halogens is 2. The standard InChI is InChI=1S/C18H19F2N5/c1-2-13-9-17(23-11-22-13)25-5-3-14(4-6-25)24-18-15(19)7-12(10-21)8-16(18)20/h7-9,11,14,24H,2-6H2,1H3. The summed E-state index contributed by atoms with van der Waals surface area (Å²) in [5, 5.41) is 11.7. The smallest absolute Gasteiger partial charge is 0.150 e. The van der Waals surface area contributed by atoms with Gasteiger partial charge in [0.2, 0.25) is 0 Å². The Bertz CT molecular complexity index is 771. The molecule has 3 rings (SSSR count). The van der Waals surface area contributed by atoms with Crippen molar-refractivity contribution in [3.8, 4) is 6.07 Å². The van der Waals surface area contributed by atoms with E-state index in [0.29, 0.717) is 0 Å². The Morgan fingerprint density at radius 2 is 1.88 bits per heavy atom. The monoisotopic (exact) mass is 343 g/mol. The Kier molecular flexibility index (Phi) is 5.08. The second-order valence-electron chi connectivity index (χ2n) is 6.05. The molecule has 1 aliphatic heterocycles. The zero-order chi connectivity index (χ0) is 17.8. The average molecular weight is 343 g/mol. The van der Waals surface area contributed by atoms with Crippen LogP contribution in [0.1, 0.15) is 31.0 Å². The SMILES string of the molecule is CCc1cc(N2CCC(Nc3c(F)cc(C#N)cc3F)CC2)ncn1. The number of nitrogens with zero attached hydrogens (tertiary/aromatic N) is 4. The van der Waals surface area contributed by atoms with E-state index in [1.807, 2.05) is 13.0 Å². The fourth-order valence-corrected chi connectivity index (χ4v) is 2.98. The predicted octanol–water partition coefficient (Wildman–Crippen LogP) is 3.27. The van der Waals surface area contributed by atoms with Crippen molar-refractivity contribution in [2.75, 3.05) is 23.3 Å². The third kappa shape index (κ3) is 3.85. The molecule has 0 atom stereocenters. The molecule has 5 nitrogen and oxygen atoms in total. The molecule has 25 heavy (non-hydrogen) atoms. The summed E-state index contributed by atoms with van der Waals surface area (Å²) in [5.74, 6) is -0.578. The molecule has 2 aromatic rings. The van der Waals surface area contributed by atoms with Crippen molar-refractivity contribution in [2.45, 2.75) is 32.2 Å². The molecule has 1 aliphatic rings. The highest BCUT2D eigenvalue weighted by Crippen LogP contribution is 2.25. The van der Waals surface area contributed by atoms with Crippen LogP contribution in [0.3, 0.4) is 0 Å². The van der Waals surface area contributed by atoms with Gasteiger partial charge in [0.25, 0.3) is 0 Å². The fourth-order valence-electron chi connectivity index (χ4n) is 2.98. The largest absolute Gasteiger partial charge is 0.377 e. The summed E-state index contributed by atoms with van der Waals surface area (Å²) in [4.78, 5) is 10.7. The minimum atomic E-state index is -0.734. The third-order valence-corrected chi connectivity index (χ3v) is 4.41. The number of benzene rings is 1. The molecule has 130 valence electrons. The van der Waals surface area contributed by atoms with Crippen molar-refractivity contribution < 1.29 is 8.78 Å². The summed E-state index contributed by atoms with van der Waals surface area (Å²) in [6.45, 7) is 3.54. The number of piperidine rings is 1. The molecule has 7 heteroatoms. The molecule has 0 saturated carbocycles. The maximum atomic E-state index is 14.0. The van der Waals surface area contributed by atoms with E-state index in [0.717, 1.165) is 56.0 Å². The first-order valence-electron chi connectivity index (χ1n) is 8.32. The molecule has 1 aromatic carbocycles. The molecule has 2 heterocycles. The Morgan fingerprint density at radius 3 is 2.48 bits per heavy atom. The molecular formula is C18H19F2N5. The Labute approximate surface area is 145 Å². The molecule has 0 amide bonds. The lowest BCUT2D eigenvalue weighted by Crippen LogP contribution is -2.39. The van der Waals surface area contributed by atoms with Gasteiger partial charge in [-0.15, -0.1) is 0 Å². The van der Waals surface area contributed by atoms with Gasteiger partial charge in [0.1, 0.15) is 17.8 Å². The van der Waals surface area contributed by atoms with E-state index in [2.05, 4.69) is 20.2 Å². The molecule has 0 aliphatic carbocycles. The van der Waals surface area contributed by atoms with Gasteiger partial charge in [-0.3, -0.25) is 0 Å². The first kappa shape index (κ1) is 17.1. The fraction of sp³-hybridized carbons (Fsp3) is 0.389. The van der Waals surface area contributed by atoms with Crippen LogP contribution < -0.4 is 10.2 Å². The van der Waals surface area contributed by atoms with Gasteiger partial charge in [-0.2, -0.15) is 5.26 Å². The summed E-state index contributed by atoms with van der Waals surface area (Å²) >= 11 is 0. The molecule has 1 N–H and O–H groups in total. The molecule has 0 bridgehead atoms. The Balaban J connectivity index is 1.64. The Hall–Kier alpha value is -2.75. The Morgan fingerprint density at radius 1 is 1.20 bits per heavy atom. The van der Waals surface area contributed by atoms with Crippen molar-refractivity contribution in [2.24, 2.45) is 0 Å². The first-order valence-corrected chi connectivity index (χ1v) is 8.32. The van der Waals surface area contributed by atoms with Gasteiger partial charge in [-0.25, -0.2) is 18.7 Å². The normalized spacial score (nSPS) is 15.0. The number of aryl methyl sites for hydroxylation is 1. The van der Waals surface area contributed by atoms with E-state index in [1.165, 1.54) is 0 Å². The number of hydrogen-bond acceptors (Lipinski definition) is 5. The number of anilines is 2. The summed E-state index contributed by atoms with van der Waals surface area (Å²) in [6.07, 6.45) is 3.90. The highest BCUT2D eigenvalue weighted by molar-refractivity contribution is 5.51. The van der Waals surface area contributed by atoms with Gasteiger partial charge in [-0.05, 0) is 31.4 Å². The molecule has 0 radical (unpaired) electrons. The summed E-state index contributed by atoms with van der Waals surface area (Å²) in [6, 6.07) is 5.80. The first-order chi connectivity index (χ1) is 12.1. The zero-order valence-electron chi connectivity index (χ0n) is 14.0. The van der Waals surface area contributed by atoms with Crippen molar-refractivity contribution in [3.05, 3.63) is 47.4 Å². The van der Waals surface area contributed by atoms with Gasteiger partial charge in [0.05, 0.1) is 11.6 Å². The number of nitriles is 1. The van der Waals surface area contributed by atoms with E-state index in [-0.39, 0.29) is 17.3 Å². The lowest BCUT2D eigenvalue weighted by atomic mass is 10.0. The van der Waals surface area contributed by atoms with Gasteiger partial charge in [0.15, 0.2) is 11.6 Å². The van der Waals surface area contributed by atoms with Crippen LogP contribution in [-0.4, -0.2) is 29.1 Å². The van der Waals surface area contributed by atoms with Crippen molar-refractivity contribution in [3.63, 3.8) is 0 Å². The van der Waals surface area contributed by atoms with Gasteiger partial charge >= 0.3 is 0 Å². The van der Waals surface area contributed by atoms with E-state index >= 15 is 0 Å². The van der Waals surface area contributed by atoms with Crippen LogP contribution in [0.4, 0.5) is 20.3 Å². The molecule has 1 fully saturated rings. The zero-order valence-corrected chi connectivity index (χ0v) is 14.0. The minimum absolute atomic E-state index is 0.0224. The number of nitrogens with one attached hydrogen (secondary N) is 1. The van der Waals surface area contributed by atoms with Crippen molar-refractivity contribution in [1.82, 2.24) is 9.97 Å². The van der Waals surface area contributed by atoms with Crippen LogP contribution in [0.25, 0.3) is 0 Å². The number of rotatable bonds is 4. The van der Waals surface area contributed by atoms with Crippen LogP contribution in [-0.2, 0) is 6.42 Å². The predicted molar refractivity (Wildman–Crippen MR) is 91.3 cm³/mol. The van der Waals surface area contributed by atoms with Crippen molar-refractivity contribution in [1.29, 1.82) is 5.26 Å². The summed E-state index contributed by atoms with van der Waals surface area (Å²) < 4.78 is 28.0. The van der Waals surface area contributed by atoms with Crippen LogP contribution in [0, 0.1) is 23.0 Å². The maximum absolute atomic E-state index is 14.0. The molecule has 1 aromatic heterocycles. The lowest BCUT2D eigenvalue weighted by Gasteiger charge is -2.33. The van der Waals surface area contributed by atoms with E-state index in [9.17, 15) is 8.78 Å². The lowest BCUT2D eigenvalue weighted by molar-refractivity contribution is 0.512. The quantitative estimate of drug-likeness (QED) is 0.923. The highest BCUT2D eigenvalue weighted by Gasteiger charge is 2.22. The average Bonchev–Trinajstić information content (AvgIpc) is 2.65. The van der Waals surface area contributed by atoms with E-state index in [1.54, 1.807) is 12.4 Å². The van der Waals surface area contributed by atoms with E-state index in [4.69, 9.17) is 5.26 Å². The summed E-state index contributed by atoms with van der Waals surface area (Å²) in [5.41, 5.74) is 0.811. The molecule has 1 saturated heterocycles. The van der Waals surface area contributed by atoms with Crippen LogP contribution in [0.15, 0.2) is 24.5 Å². The van der Waals surface area contributed by atoms with Crippen LogP contribution >= 0.6 is 0 Å². The second kappa shape index (κ2) is 7.43. The molecule has 0 unspecified atom stereocenters. The molecular weight excluding hydrogens is 324 g/mol. The topological polar surface area (TPSA) is 64.8 Å².